The summed E-state index contributed by atoms with van der Waals surface area (Å²) in [6, 6.07) is 10.1. The summed E-state index contributed by atoms with van der Waals surface area (Å²) in [6.07, 6.45) is 1.80. The summed E-state index contributed by atoms with van der Waals surface area (Å²) in [4.78, 5) is 9.22. The van der Waals surface area contributed by atoms with Gasteiger partial charge in [-0.25, -0.2) is 9.97 Å². The van der Waals surface area contributed by atoms with Crippen LogP contribution >= 0.6 is 0 Å². The highest BCUT2D eigenvalue weighted by molar-refractivity contribution is 5.79. The van der Waals surface area contributed by atoms with E-state index in [4.69, 9.17) is 10.7 Å². The zero-order chi connectivity index (χ0) is 14.3. The van der Waals surface area contributed by atoms with Crippen molar-refractivity contribution in [2.24, 2.45) is 0 Å². The first-order valence-electron chi connectivity index (χ1n) is 6.78. The van der Waals surface area contributed by atoms with Crippen LogP contribution in [-0.2, 0) is 0 Å². The monoisotopic (exact) mass is 266 g/mol. The number of rotatable bonds is 2. The Morgan fingerprint density at radius 1 is 1.15 bits per heavy atom. The first kappa shape index (κ1) is 12.7. The minimum atomic E-state index is 0.283. The SMILES string of the molecule is Cc1c(N)cccc1-c1nc2cccnc2n1C(C)C. The van der Waals surface area contributed by atoms with Crippen molar-refractivity contribution in [1.82, 2.24) is 14.5 Å². The van der Waals surface area contributed by atoms with Gasteiger partial charge in [-0.3, -0.25) is 0 Å². The van der Waals surface area contributed by atoms with E-state index in [0.717, 1.165) is 33.8 Å². The Balaban J connectivity index is 2.36. The molecule has 3 rings (SSSR count). The van der Waals surface area contributed by atoms with E-state index in [2.05, 4.69) is 29.5 Å². The summed E-state index contributed by atoms with van der Waals surface area (Å²) < 4.78 is 2.16. The molecule has 3 aromatic rings. The first-order chi connectivity index (χ1) is 9.59. The van der Waals surface area contributed by atoms with Crippen molar-refractivity contribution in [3.63, 3.8) is 0 Å². The second-order valence-corrected chi connectivity index (χ2v) is 5.27. The molecule has 20 heavy (non-hydrogen) atoms. The van der Waals surface area contributed by atoms with E-state index >= 15 is 0 Å². The highest BCUT2D eigenvalue weighted by Gasteiger charge is 2.17. The molecule has 0 spiro atoms. The van der Waals surface area contributed by atoms with E-state index in [1.807, 2.05) is 31.2 Å². The van der Waals surface area contributed by atoms with Crippen LogP contribution in [0.4, 0.5) is 5.69 Å². The third-order valence-corrected chi connectivity index (χ3v) is 3.58. The van der Waals surface area contributed by atoms with Crippen LogP contribution in [0.5, 0.6) is 0 Å². The molecule has 4 nitrogen and oxygen atoms in total. The lowest BCUT2D eigenvalue weighted by Gasteiger charge is -2.14. The molecule has 0 amide bonds. The number of imidazole rings is 1. The van der Waals surface area contributed by atoms with Gasteiger partial charge in [0.1, 0.15) is 11.3 Å². The Labute approximate surface area is 118 Å². The van der Waals surface area contributed by atoms with E-state index in [9.17, 15) is 0 Å². The molecular formula is C16H18N4. The molecule has 0 fully saturated rings. The third kappa shape index (κ3) is 1.84. The minimum absolute atomic E-state index is 0.283. The third-order valence-electron chi connectivity index (χ3n) is 3.58. The van der Waals surface area contributed by atoms with Gasteiger partial charge >= 0.3 is 0 Å². The molecular weight excluding hydrogens is 248 g/mol. The number of aromatic nitrogens is 3. The summed E-state index contributed by atoms with van der Waals surface area (Å²) in [7, 11) is 0. The number of hydrogen-bond acceptors (Lipinski definition) is 3. The number of anilines is 1. The summed E-state index contributed by atoms with van der Waals surface area (Å²) in [6.45, 7) is 6.31. The van der Waals surface area contributed by atoms with Crippen molar-refractivity contribution in [3.05, 3.63) is 42.1 Å². The van der Waals surface area contributed by atoms with Crippen LogP contribution < -0.4 is 5.73 Å². The number of hydrogen-bond donors (Lipinski definition) is 1. The fourth-order valence-electron chi connectivity index (χ4n) is 2.50. The highest BCUT2D eigenvalue weighted by atomic mass is 15.1. The molecule has 102 valence electrons. The smallest absolute Gasteiger partial charge is 0.160 e. The second-order valence-electron chi connectivity index (χ2n) is 5.27. The van der Waals surface area contributed by atoms with E-state index < -0.39 is 0 Å². The van der Waals surface area contributed by atoms with Gasteiger partial charge < -0.3 is 10.3 Å². The molecule has 2 N–H and O–H groups in total. The number of fused-ring (bicyclic) bond motifs is 1. The molecule has 0 atom stereocenters. The summed E-state index contributed by atoms with van der Waals surface area (Å²) in [5.41, 5.74) is 10.8. The van der Waals surface area contributed by atoms with Crippen molar-refractivity contribution in [3.8, 4) is 11.4 Å². The predicted molar refractivity (Wildman–Crippen MR) is 82.5 cm³/mol. The molecule has 2 heterocycles. The number of nitrogens with zero attached hydrogens (tertiary/aromatic N) is 3. The Bertz CT molecular complexity index is 771. The van der Waals surface area contributed by atoms with Crippen LogP contribution in [0, 0.1) is 6.92 Å². The fourth-order valence-corrected chi connectivity index (χ4v) is 2.50. The zero-order valence-corrected chi connectivity index (χ0v) is 12.0. The van der Waals surface area contributed by atoms with Crippen molar-refractivity contribution in [1.29, 1.82) is 0 Å². The highest BCUT2D eigenvalue weighted by Crippen LogP contribution is 2.31. The lowest BCUT2D eigenvalue weighted by atomic mass is 10.1. The second kappa shape index (κ2) is 4.63. The van der Waals surface area contributed by atoms with E-state index in [1.54, 1.807) is 6.20 Å². The normalized spacial score (nSPS) is 11.4. The standard InChI is InChI=1S/C16H18N4/c1-10(2)20-15(12-6-4-7-13(17)11(12)3)19-14-8-5-9-18-16(14)20/h4-10H,17H2,1-3H3. The topological polar surface area (TPSA) is 56.7 Å². The Morgan fingerprint density at radius 3 is 2.70 bits per heavy atom. The van der Waals surface area contributed by atoms with Crippen molar-refractivity contribution < 1.29 is 0 Å². The van der Waals surface area contributed by atoms with Gasteiger partial charge in [-0.05, 0) is 44.5 Å². The van der Waals surface area contributed by atoms with Gasteiger partial charge in [0.2, 0.25) is 0 Å². The van der Waals surface area contributed by atoms with E-state index in [1.165, 1.54) is 0 Å². The number of benzene rings is 1. The number of pyridine rings is 1. The maximum atomic E-state index is 6.03. The Kier molecular flexibility index (Phi) is 2.93. The van der Waals surface area contributed by atoms with Crippen molar-refractivity contribution in [2.75, 3.05) is 5.73 Å². The van der Waals surface area contributed by atoms with Crippen LogP contribution in [0.2, 0.25) is 0 Å². The maximum Gasteiger partial charge on any atom is 0.160 e. The summed E-state index contributed by atoms with van der Waals surface area (Å²) in [5.74, 6) is 0.929. The predicted octanol–water partition coefficient (Wildman–Crippen LogP) is 3.57. The largest absolute Gasteiger partial charge is 0.398 e. The van der Waals surface area contributed by atoms with Crippen molar-refractivity contribution in [2.45, 2.75) is 26.8 Å². The maximum absolute atomic E-state index is 6.03. The van der Waals surface area contributed by atoms with Crippen LogP contribution in [0.25, 0.3) is 22.6 Å². The van der Waals surface area contributed by atoms with Crippen LogP contribution in [0.15, 0.2) is 36.5 Å². The van der Waals surface area contributed by atoms with Gasteiger partial charge in [0.05, 0.1) is 0 Å². The molecule has 0 aliphatic rings. The van der Waals surface area contributed by atoms with E-state index in [0.29, 0.717) is 0 Å². The van der Waals surface area contributed by atoms with Gasteiger partial charge in [0.15, 0.2) is 5.65 Å². The van der Waals surface area contributed by atoms with Gasteiger partial charge in [-0.1, -0.05) is 12.1 Å². The Hall–Kier alpha value is -2.36. The average Bonchev–Trinajstić information content (AvgIpc) is 2.81. The number of nitrogens with two attached hydrogens (primary N) is 1. The molecule has 0 aliphatic carbocycles. The molecule has 0 bridgehead atoms. The van der Waals surface area contributed by atoms with Gasteiger partial charge in [-0.2, -0.15) is 0 Å². The molecule has 2 aromatic heterocycles. The molecule has 0 saturated heterocycles. The molecule has 0 unspecified atom stereocenters. The quantitative estimate of drug-likeness (QED) is 0.721. The summed E-state index contributed by atoms with van der Waals surface area (Å²) >= 11 is 0. The molecule has 0 aliphatic heterocycles. The Morgan fingerprint density at radius 2 is 1.95 bits per heavy atom. The molecule has 0 radical (unpaired) electrons. The van der Waals surface area contributed by atoms with Crippen LogP contribution in [0.1, 0.15) is 25.5 Å². The lowest BCUT2D eigenvalue weighted by Crippen LogP contribution is -2.05. The van der Waals surface area contributed by atoms with Gasteiger partial charge in [0.25, 0.3) is 0 Å². The first-order valence-corrected chi connectivity index (χ1v) is 6.78. The molecule has 4 heteroatoms. The van der Waals surface area contributed by atoms with Gasteiger partial charge in [0, 0.05) is 23.5 Å². The molecule has 1 aromatic carbocycles. The summed E-state index contributed by atoms with van der Waals surface area (Å²) in [5, 5.41) is 0. The fraction of sp³-hybridized carbons (Fsp3) is 0.250. The minimum Gasteiger partial charge on any atom is -0.398 e. The van der Waals surface area contributed by atoms with Crippen LogP contribution in [-0.4, -0.2) is 14.5 Å². The zero-order valence-electron chi connectivity index (χ0n) is 12.0. The van der Waals surface area contributed by atoms with Crippen LogP contribution in [0.3, 0.4) is 0 Å². The average molecular weight is 266 g/mol. The van der Waals surface area contributed by atoms with Crippen molar-refractivity contribution >= 4 is 16.9 Å². The van der Waals surface area contributed by atoms with E-state index in [-0.39, 0.29) is 6.04 Å². The lowest BCUT2D eigenvalue weighted by molar-refractivity contribution is 0.619. The molecule has 0 saturated carbocycles. The number of nitrogen functional groups attached to an aromatic ring is 1. The van der Waals surface area contributed by atoms with Gasteiger partial charge in [-0.15, -0.1) is 0 Å².